The van der Waals surface area contributed by atoms with Crippen LogP contribution in [-0.4, -0.2) is 4.57 Å². The van der Waals surface area contributed by atoms with E-state index in [4.69, 9.17) is 0 Å². The molecule has 0 amide bonds. The average molecular weight is 188 g/mol. The Morgan fingerprint density at radius 1 is 1.21 bits per heavy atom. The first kappa shape index (κ1) is 7.85. The van der Waals surface area contributed by atoms with Crippen molar-refractivity contribution in [2.45, 2.75) is 25.8 Å². The minimum atomic E-state index is 0.810. The van der Waals surface area contributed by atoms with Gasteiger partial charge in [0.15, 0.2) is 11.0 Å². The molecule has 1 aromatic carbocycles. The Kier molecular flexibility index (Phi) is 1.54. The van der Waals surface area contributed by atoms with E-state index in [1.54, 1.807) is 0 Å². The second-order valence-electron chi connectivity index (χ2n) is 3.81. The molecule has 3 nitrogen and oxygen atoms in total. The third-order valence-corrected chi connectivity index (χ3v) is 2.97. The van der Waals surface area contributed by atoms with Crippen LogP contribution >= 0.6 is 0 Å². The highest BCUT2D eigenvalue weighted by Gasteiger charge is 2.23. The summed E-state index contributed by atoms with van der Waals surface area (Å²) in [7, 11) is 0. The van der Waals surface area contributed by atoms with Crippen molar-refractivity contribution >= 4 is 11.0 Å². The first-order valence-corrected chi connectivity index (χ1v) is 5.07. The van der Waals surface area contributed by atoms with Crippen molar-refractivity contribution in [3.8, 4) is 0 Å². The number of nitrogens with zero attached hydrogens (tertiary/aromatic N) is 2. The maximum atomic E-state index is 11.9. The van der Waals surface area contributed by atoms with Crippen LogP contribution in [-0.2, 0) is 13.0 Å². The van der Waals surface area contributed by atoms with Crippen LogP contribution < -0.4 is 4.73 Å². The van der Waals surface area contributed by atoms with Crippen molar-refractivity contribution in [2.75, 3.05) is 0 Å². The summed E-state index contributed by atoms with van der Waals surface area (Å²) in [5.74, 6) is 0.928. The number of imidazole rings is 1. The molecule has 1 aromatic heterocycles. The summed E-state index contributed by atoms with van der Waals surface area (Å²) < 4.78 is 3.25. The Morgan fingerprint density at radius 2 is 2.07 bits per heavy atom. The monoisotopic (exact) mass is 188 g/mol. The lowest BCUT2D eigenvalue weighted by Gasteiger charge is -2.10. The van der Waals surface area contributed by atoms with Crippen LogP contribution in [0.5, 0.6) is 0 Å². The van der Waals surface area contributed by atoms with Crippen LogP contribution in [0.1, 0.15) is 18.7 Å². The molecule has 1 aliphatic rings. The first-order valence-electron chi connectivity index (χ1n) is 5.07. The molecule has 0 atom stereocenters. The molecule has 0 N–H and O–H groups in total. The molecule has 0 aliphatic carbocycles. The molecular formula is C11H12N2O. The molecule has 0 saturated heterocycles. The maximum Gasteiger partial charge on any atom is 0.260 e. The fourth-order valence-corrected chi connectivity index (χ4v) is 2.29. The molecule has 0 unspecified atom stereocenters. The van der Waals surface area contributed by atoms with Gasteiger partial charge in [0.05, 0.1) is 6.54 Å². The highest BCUT2D eigenvalue weighted by Crippen LogP contribution is 2.19. The van der Waals surface area contributed by atoms with E-state index in [0.717, 1.165) is 41.0 Å². The van der Waals surface area contributed by atoms with Crippen LogP contribution in [0.25, 0.3) is 11.0 Å². The molecule has 1 aliphatic heterocycles. The summed E-state index contributed by atoms with van der Waals surface area (Å²) in [5, 5.41) is 11.9. The SMILES string of the molecule is [O-][n+]1c2n(c3ccccc31)CCCC2. The van der Waals surface area contributed by atoms with Gasteiger partial charge < -0.3 is 5.21 Å². The summed E-state index contributed by atoms with van der Waals surface area (Å²) in [5.41, 5.74) is 1.89. The molecule has 0 spiro atoms. The van der Waals surface area contributed by atoms with E-state index in [-0.39, 0.29) is 0 Å². The number of aryl methyl sites for hydroxylation is 1. The average Bonchev–Trinajstić information content (AvgIpc) is 2.55. The van der Waals surface area contributed by atoms with Crippen molar-refractivity contribution in [2.24, 2.45) is 0 Å². The van der Waals surface area contributed by atoms with Crippen LogP contribution in [0.2, 0.25) is 0 Å². The number of fused-ring (bicyclic) bond motifs is 3. The largest absolute Gasteiger partial charge is 0.710 e. The molecule has 0 bridgehead atoms. The zero-order valence-electron chi connectivity index (χ0n) is 7.94. The number of rotatable bonds is 0. The van der Waals surface area contributed by atoms with Gasteiger partial charge in [-0.1, -0.05) is 12.1 Å². The molecule has 3 heteroatoms. The second-order valence-corrected chi connectivity index (χ2v) is 3.81. The van der Waals surface area contributed by atoms with Gasteiger partial charge >= 0.3 is 0 Å². The van der Waals surface area contributed by atoms with Crippen molar-refractivity contribution < 1.29 is 4.73 Å². The molecule has 0 radical (unpaired) electrons. The lowest BCUT2D eigenvalue weighted by molar-refractivity contribution is -0.588. The standard InChI is InChI=1S/C11H12N2O/c14-13-10-6-2-1-5-9(10)12-8-4-3-7-11(12)13/h1-2,5-6H,3-4,7-8H2. The van der Waals surface area contributed by atoms with E-state index in [1.807, 2.05) is 24.3 Å². The quantitative estimate of drug-likeness (QED) is 0.456. The van der Waals surface area contributed by atoms with Crippen LogP contribution in [0.3, 0.4) is 0 Å². The van der Waals surface area contributed by atoms with E-state index in [0.29, 0.717) is 0 Å². The van der Waals surface area contributed by atoms with E-state index in [9.17, 15) is 5.21 Å². The lowest BCUT2D eigenvalue weighted by Crippen LogP contribution is -2.32. The van der Waals surface area contributed by atoms with Crippen molar-refractivity contribution in [3.63, 3.8) is 0 Å². The summed E-state index contributed by atoms with van der Waals surface area (Å²) in [6.07, 6.45) is 3.24. The highest BCUT2D eigenvalue weighted by molar-refractivity contribution is 5.72. The molecule has 3 rings (SSSR count). The van der Waals surface area contributed by atoms with Crippen LogP contribution in [0, 0.1) is 5.21 Å². The minimum Gasteiger partial charge on any atom is -0.710 e. The van der Waals surface area contributed by atoms with Gasteiger partial charge in [-0.25, -0.2) is 9.30 Å². The van der Waals surface area contributed by atoms with Gasteiger partial charge in [0, 0.05) is 6.42 Å². The van der Waals surface area contributed by atoms with Gasteiger partial charge in [0.1, 0.15) is 0 Å². The number of hydrogen-bond donors (Lipinski definition) is 0. The van der Waals surface area contributed by atoms with E-state index in [1.165, 1.54) is 6.42 Å². The number of benzene rings is 1. The predicted molar refractivity (Wildman–Crippen MR) is 53.8 cm³/mol. The third-order valence-electron chi connectivity index (χ3n) is 2.97. The molecular weight excluding hydrogens is 176 g/mol. The Morgan fingerprint density at radius 3 is 3.00 bits per heavy atom. The summed E-state index contributed by atoms with van der Waals surface area (Å²) in [6, 6.07) is 7.83. The van der Waals surface area contributed by atoms with Crippen LogP contribution in [0.4, 0.5) is 0 Å². The van der Waals surface area contributed by atoms with Gasteiger partial charge in [-0.2, -0.15) is 0 Å². The van der Waals surface area contributed by atoms with Crippen molar-refractivity contribution in [1.29, 1.82) is 0 Å². The third kappa shape index (κ3) is 0.895. The number of para-hydroxylation sites is 2. The Labute approximate surface area is 82.2 Å². The van der Waals surface area contributed by atoms with Crippen molar-refractivity contribution in [1.82, 2.24) is 4.57 Å². The maximum absolute atomic E-state index is 11.9. The first-order chi connectivity index (χ1) is 6.88. The smallest absolute Gasteiger partial charge is 0.260 e. The van der Waals surface area contributed by atoms with Gasteiger partial charge in [0.2, 0.25) is 0 Å². The topological polar surface area (TPSA) is 31.9 Å². The van der Waals surface area contributed by atoms with E-state index >= 15 is 0 Å². The zero-order chi connectivity index (χ0) is 9.54. The Bertz CT molecular complexity index is 487. The highest BCUT2D eigenvalue weighted by atomic mass is 16.5. The zero-order valence-corrected chi connectivity index (χ0v) is 7.94. The molecule has 2 aromatic rings. The molecule has 14 heavy (non-hydrogen) atoms. The predicted octanol–water partition coefficient (Wildman–Crippen LogP) is 1.61. The normalized spacial score (nSPS) is 15.7. The number of aromatic nitrogens is 2. The molecule has 0 saturated carbocycles. The fourth-order valence-electron chi connectivity index (χ4n) is 2.29. The summed E-state index contributed by atoms with van der Waals surface area (Å²) in [4.78, 5) is 0. The summed E-state index contributed by atoms with van der Waals surface area (Å²) >= 11 is 0. The van der Waals surface area contributed by atoms with Gasteiger partial charge in [0.25, 0.3) is 5.82 Å². The Hall–Kier alpha value is -1.51. The second kappa shape index (κ2) is 2.74. The fraction of sp³-hybridized carbons (Fsp3) is 0.364. The Balaban J connectivity index is 2.41. The van der Waals surface area contributed by atoms with E-state index < -0.39 is 0 Å². The number of hydrogen-bond acceptors (Lipinski definition) is 1. The van der Waals surface area contributed by atoms with Gasteiger partial charge in [-0.05, 0) is 25.0 Å². The summed E-state index contributed by atoms with van der Waals surface area (Å²) in [6.45, 7) is 0.991. The lowest BCUT2D eigenvalue weighted by atomic mass is 10.2. The van der Waals surface area contributed by atoms with Crippen LogP contribution in [0.15, 0.2) is 24.3 Å². The molecule has 72 valence electrons. The van der Waals surface area contributed by atoms with Crippen molar-refractivity contribution in [3.05, 3.63) is 35.3 Å². The van der Waals surface area contributed by atoms with Gasteiger partial charge in [-0.15, -0.1) is 0 Å². The van der Waals surface area contributed by atoms with Gasteiger partial charge in [-0.3, -0.25) is 0 Å². The molecule has 0 fully saturated rings. The molecule has 2 heterocycles. The minimum absolute atomic E-state index is 0.810. The van der Waals surface area contributed by atoms with E-state index in [2.05, 4.69) is 4.57 Å².